The van der Waals surface area contributed by atoms with Gasteiger partial charge >= 0.3 is 0 Å². The average molecular weight is 426 g/mol. The van der Waals surface area contributed by atoms with Gasteiger partial charge in [-0.25, -0.2) is 0 Å². The van der Waals surface area contributed by atoms with Crippen LogP contribution in [0.5, 0.6) is 17.2 Å². The van der Waals surface area contributed by atoms with Crippen LogP contribution < -0.4 is 14.2 Å². The van der Waals surface area contributed by atoms with E-state index in [4.69, 9.17) is 14.2 Å². The predicted molar refractivity (Wildman–Crippen MR) is 127 cm³/mol. The van der Waals surface area contributed by atoms with E-state index >= 15 is 0 Å². The molecule has 0 heterocycles. The minimum absolute atomic E-state index is 0.584. The molecule has 0 aromatic heterocycles. The Bertz CT molecular complexity index is 822. The van der Waals surface area contributed by atoms with Crippen LogP contribution in [-0.4, -0.2) is 33.1 Å². The Morgan fingerprint density at radius 1 is 0.903 bits per heavy atom. The molecular formula is C26H35NO4. The lowest BCUT2D eigenvalue weighted by atomic mass is 10.1. The molecule has 0 aliphatic heterocycles. The van der Waals surface area contributed by atoms with Crippen LogP contribution in [0.1, 0.15) is 42.9 Å². The van der Waals surface area contributed by atoms with E-state index in [1.807, 2.05) is 43.3 Å². The molecule has 0 saturated carbocycles. The minimum atomic E-state index is 0.584. The van der Waals surface area contributed by atoms with Gasteiger partial charge in [-0.05, 0) is 87.4 Å². The fraction of sp³-hybridized carbons (Fsp3) is 0.423. The lowest BCUT2D eigenvalue weighted by molar-refractivity contribution is 0.214. The van der Waals surface area contributed by atoms with Crippen molar-refractivity contribution in [1.82, 2.24) is 0 Å². The Labute approximate surface area is 186 Å². The van der Waals surface area contributed by atoms with Gasteiger partial charge in [0.05, 0.1) is 13.2 Å². The van der Waals surface area contributed by atoms with Gasteiger partial charge in [-0.2, -0.15) is 0 Å². The number of unbranched alkanes of at least 4 members (excludes halogenated alkanes) is 1. The van der Waals surface area contributed by atoms with Crippen molar-refractivity contribution < 1.29 is 19.0 Å². The monoisotopic (exact) mass is 425 g/mol. The maximum absolute atomic E-state index is 6.04. The summed E-state index contributed by atoms with van der Waals surface area (Å²) in [5, 5.41) is 3.76. The van der Waals surface area contributed by atoms with E-state index in [0.717, 1.165) is 54.1 Å². The molecule has 2 rings (SSSR count). The summed E-state index contributed by atoms with van der Waals surface area (Å²) in [4.78, 5) is 4.68. The topological polar surface area (TPSA) is 49.3 Å². The van der Waals surface area contributed by atoms with E-state index in [9.17, 15) is 0 Å². The first kappa shape index (κ1) is 24.3. The van der Waals surface area contributed by atoms with Gasteiger partial charge < -0.3 is 19.0 Å². The van der Waals surface area contributed by atoms with Gasteiger partial charge in [-0.3, -0.25) is 0 Å². The normalized spacial score (nSPS) is 11.2. The number of rotatable bonds is 14. The van der Waals surface area contributed by atoms with Crippen molar-refractivity contribution in [3.63, 3.8) is 0 Å². The first-order chi connectivity index (χ1) is 15.1. The van der Waals surface area contributed by atoms with Gasteiger partial charge in [0.15, 0.2) is 0 Å². The smallest absolute Gasteiger partial charge is 0.125 e. The number of ether oxygens (including phenoxy) is 3. The van der Waals surface area contributed by atoms with Gasteiger partial charge in [0.25, 0.3) is 0 Å². The van der Waals surface area contributed by atoms with Crippen molar-refractivity contribution in [2.24, 2.45) is 5.16 Å². The molecule has 0 atom stereocenters. The summed E-state index contributed by atoms with van der Waals surface area (Å²) >= 11 is 0. The van der Waals surface area contributed by atoms with Gasteiger partial charge in [0.1, 0.15) is 31.0 Å². The SMILES string of the molecule is C/C=C/COc1cc(C)c(OCCCCOc2cccc(CCC=NOC)c2)c(C)c1. The molecule has 168 valence electrons. The number of aryl methyl sites for hydroxylation is 3. The second kappa shape index (κ2) is 14.1. The highest BCUT2D eigenvalue weighted by molar-refractivity contribution is 5.56. The van der Waals surface area contributed by atoms with Crippen molar-refractivity contribution >= 4 is 6.21 Å². The van der Waals surface area contributed by atoms with Crippen molar-refractivity contribution in [2.75, 3.05) is 26.9 Å². The van der Waals surface area contributed by atoms with Gasteiger partial charge in [-0.15, -0.1) is 0 Å². The van der Waals surface area contributed by atoms with Crippen molar-refractivity contribution in [2.45, 2.75) is 46.5 Å². The molecule has 0 aliphatic carbocycles. The minimum Gasteiger partial charge on any atom is -0.494 e. The molecule has 0 radical (unpaired) electrons. The number of hydrogen-bond acceptors (Lipinski definition) is 5. The molecule has 5 heteroatoms. The second-order valence-electron chi connectivity index (χ2n) is 7.33. The third-order valence-corrected chi connectivity index (χ3v) is 4.71. The lowest BCUT2D eigenvalue weighted by Gasteiger charge is -2.14. The van der Waals surface area contributed by atoms with Crippen LogP contribution in [0.2, 0.25) is 0 Å². The van der Waals surface area contributed by atoms with Crippen LogP contribution in [0.25, 0.3) is 0 Å². The van der Waals surface area contributed by atoms with E-state index in [-0.39, 0.29) is 0 Å². The molecule has 0 saturated heterocycles. The maximum atomic E-state index is 6.04. The zero-order valence-electron chi connectivity index (χ0n) is 19.2. The summed E-state index contributed by atoms with van der Waals surface area (Å²) in [5.41, 5.74) is 3.42. The Morgan fingerprint density at radius 2 is 1.65 bits per heavy atom. The lowest BCUT2D eigenvalue weighted by Crippen LogP contribution is -2.05. The Morgan fingerprint density at radius 3 is 2.35 bits per heavy atom. The van der Waals surface area contributed by atoms with E-state index in [0.29, 0.717) is 19.8 Å². The Balaban J connectivity index is 1.70. The van der Waals surface area contributed by atoms with Crippen molar-refractivity contribution in [1.29, 1.82) is 0 Å². The van der Waals surface area contributed by atoms with E-state index in [2.05, 4.69) is 36.0 Å². The van der Waals surface area contributed by atoms with Gasteiger partial charge in [0, 0.05) is 6.21 Å². The molecule has 0 N–H and O–H groups in total. The molecule has 0 aliphatic rings. The molecule has 31 heavy (non-hydrogen) atoms. The second-order valence-corrected chi connectivity index (χ2v) is 7.33. The zero-order valence-corrected chi connectivity index (χ0v) is 19.2. The van der Waals surface area contributed by atoms with Crippen LogP contribution in [0.3, 0.4) is 0 Å². The summed E-state index contributed by atoms with van der Waals surface area (Å²) < 4.78 is 17.7. The number of nitrogens with zero attached hydrogens (tertiary/aromatic N) is 1. The molecule has 0 bridgehead atoms. The molecule has 2 aromatic carbocycles. The van der Waals surface area contributed by atoms with Crippen molar-refractivity contribution in [3.8, 4) is 17.2 Å². The molecule has 0 fully saturated rings. The first-order valence-corrected chi connectivity index (χ1v) is 10.9. The Hall–Kier alpha value is -2.95. The number of benzene rings is 2. The summed E-state index contributed by atoms with van der Waals surface area (Å²) in [6, 6.07) is 12.3. The fourth-order valence-corrected chi connectivity index (χ4v) is 3.18. The molecule has 5 nitrogen and oxygen atoms in total. The van der Waals surface area contributed by atoms with Crippen LogP contribution in [0, 0.1) is 13.8 Å². The zero-order chi connectivity index (χ0) is 22.3. The third kappa shape index (κ3) is 9.16. The maximum Gasteiger partial charge on any atom is 0.125 e. The van der Waals surface area contributed by atoms with Crippen LogP contribution in [-0.2, 0) is 11.3 Å². The largest absolute Gasteiger partial charge is 0.494 e. The Kier molecular flexibility index (Phi) is 11.1. The summed E-state index contributed by atoms with van der Waals surface area (Å²) in [6.07, 6.45) is 9.38. The fourth-order valence-electron chi connectivity index (χ4n) is 3.18. The summed E-state index contributed by atoms with van der Waals surface area (Å²) in [7, 11) is 1.55. The predicted octanol–water partition coefficient (Wildman–Crippen LogP) is 6.06. The van der Waals surface area contributed by atoms with E-state index in [1.54, 1.807) is 13.3 Å². The van der Waals surface area contributed by atoms with Gasteiger partial charge in [-0.1, -0.05) is 29.4 Å². The molecule has 0 amide bonds. The average Bonchev–Trinajstić information content (AvgIpc) is 2.76. The van der Waals surface area contributed by atoms with Crippen molar-refractivity contribution in [3.05, 3.63) is 65.2 Å². The van der Waals surface area contributed by atoms with E-state index < -0.39 is 0 Å². The molecule has 0 unspecified atom stereocenters. The highest BCUT2D eigenvalue weighted by Gasteiger charge is 2.07. The molecular weight excluding hydrogens is 390 g/mol. The summed E-state index contributed by atoms with van der Waals surface area (Å²) in [5.74, 6) is 2.73. The number of allylic oxidation sites excluding steroid dienone is 1. The number of oxime groups is 1. The highest BCUT2D eigenvalue weighted by Crippen LogP contribution is 2.28. The van der Waals surface area contributed by atoms with Gasteiger partial charge in [0.2, 0.25) is 0 Å². The number of hydrogen-bond donors (Lipinski definition) is 0. The third-order valence-electron chi connectivity index (χ3n) is 4.71. The van der Waals surface area contributed by atoms with E-state index in [1.165, 1.54) is 5.56 Å². The highest BCUT2D eigenvalue weighted by atomic mass is 16.6. The quantitative estimate of drug-likeness (QED) is 0.160. The first-order valence-electron chi connectivity index (χ1n) is 10.9. The van der Waals surface area contributed by atoms with Crippen LogP contribution in [0.4, 0.5) is 0 Å². The van der Waals surface area contributed by atoms with Crippen LogP contribution >= 0.6 is 0 Å². The molecule has 0 spiro atoms. The van der Waals surface area contributed by atoms with Crippen LogP contribution in [0.15, 0.2) is 53.7 Å². The molecule has 2 aromatic rings. The standard InChI is InChI=1S/C26H35NO4/c1-5-6-15-30-25-18-21(2)26(22(3)19-25)31-17-8-7-16-29-24-13-9-11-23(20-24)12-10-14-27-28-4/h5-6,9,11,13-14,18-20H,7-8,10,12,15-17H2,1-4H3/b6-5+,27-14?. The summed E-state index contributed by atoms with van der Waals surface area (Å²) in [6.45, 7) is 8.03.